The van der Waals surface area contributed by atoms with Crippen molar-refractivity contribution in [3.8, 4) is 5.75 Å². The van der Waals surface area contributed by atoms with Gasteiger partial charge in [-0.3, -0.25) is 19.4 Å². The van der Waals surface area contributed by atoms with Crippen LogP contribution in [-0.2, 0) is 33.8 Å². The van der Waals surface area contributed by atoms with E-state index < -0.39 is 53.7 Å². The van der Waals surface area contributed by atoms with Gasteiger partial charge in [0, 0.05) is 24.9 Å². The zero-order chi connectivity index (χ0) is 29.1. The Morgan fingerprint density at radius 3 is 2.73 bits per heavy atom. The molecule has 0 spiro atoms. The van der Waals surface area contributed by atoms with Crippen LogP contribution in [0.1, 0.15) is 45.4 Å². The van der Waals surface area contributed by atoms with Gasteiger partial charge in [0.2, 0.25) is 18.0 Å². The maximum Gasteiger partial charge on any atom is 0.511 e. The lowest BCUT2D eigenvalue weighted by Gasteiger charge is -2.34. The topological polar surface area (TPSA) is 126 Å². The molecule has 0 bridgehead atoms. The number of hydrogen-bond donors (Lipinski definition) is 0. The molecule has 41 heavy (non-hydrogen) atoms. The van der Waals surface area contributed by atoms with Gasteiger partial charge in [-0.2, -0.15) is 0 Å². The van der Waals surface area contributed by atoms with E-state index in [1.807, 2.05) is 0 Å². The monoisotopic (exact) mass is 569 g/mol. The van der Waals surface area contributed by atoms with E-state index in [9.17, 15) is 28.0 Å². The SMILES string of the molecule is C[C@H]1CO[C@@H]2Cn3cc(C(=O)CCc4ccc(F)cc4F)c(=O)c(OCOC(=O)OCc4ccccn4)c3C(=O)N12. The van der Waals surface area contributed by atoms with Crippen molar-refractivity contribution in [1.82, 2.24) is 14.5 Å². The molecule has 2 atom stereocenters. The van der Waals surface area contributed by atoms with Gasteiger partial charge in [-0.25, -0.2) is 13.6 Å². The first-order valence-electron chi connectivity index (χ1n) is 12.7. The van der Waals surface area contributed by atoms with E-state index in [1.54, 1.807) is 25.1 Å². The third-order valence-corrected chi connectivity index (χ3v) is 6.72. The third-order valence-electron chi connectivity index (χ3n) is 6.72. The van der Waals surface area contributed by atoms with Crippen molar-refractivity contribution in [1.29, 1.82) is 0 Å². The second-order valence-corrected chi connectivity index (χ2v) is 9.48. The van der Waals surface area contributed by atoms with Crippen molar-refractivity contribution in [3.63, 3.8) is 0 Å². The van der Waals surface area contributed by atoms with Crippen LogP contribution < -0.4 is 10.2 Å². The maximum absolute atomic E-state index is 14.1. The molecular formula is C28H25F2N3O8. The van der Waals surface area contributed by atoms with Gasteiger partial charge >= 0.3 is 6.16 Å². The molecule has 0 aliphatic carbocycles. The van der Waals surface area contributed by atoms with Gasteiger partial charge in [-0.05, 0) is 37.1 Å². The minimum Gasteiger partial charge on any atom is -0.451 e. The summed E-state index contributed by atoms with van der Waals surface area (Å²) in [4.78, 5) is 57.5. The Morgan fingerprint density at radius 2 is 1.98 bits per heavy atom. The molecule has 1 saturated heterocycles. The van der Waals surface area contributed by atoms with E-state index >= 15 is 0 Å². The molecule has 1 aromatic carbocycles. The number of carbonyl (C=O) groups is 3. The second kappa shape index (κ2) is 11.8. The van der Waals surface area contributed by atoms with Gasteiger partial charge in [-0.15, -0.1) is 0 Å². The van der Waals surface area contributed by atoms with Crippen molar-refractivity contribution in [2.75, 3.05) is 13.4 Å². The smallest absolute Gasteiger partial charge is 0.451 e. The molecule has 0 N–H and O–H groups in total. The highest BCUT2D eigenvalue weighted by atomic mass is 19.1. The number of pyridine rings is 2. The number of rotatable bonds is 9. The Morgan fingerprint density at radius 1 is 1.15 bits per heavy atom. The van der Waals surface area contributed by atoms with Crippen LogP contribution in [0.5, 0.6) is 5.75 Å². The summed E-state index contributed by atoms with van der Waals surface area (Å²) < 4.78 is 49.8. The number of fused-ring (bicyclic) bond motifs is 2. The highest BCUT2D eigenvalue weighted by molar-refractivity contribution is 6.00. The van der Waals surface area contributed by atoms with Gasteiger partial charge in [0.15, 0.2) is 17.7 Å². The molecule has 0 unspecified atom stereocenters. The number of hydrogen-bond acceptors (Lipinski definition) is 9. The molecule has 214 valence electrons. The molecule has 4 heterocycles. The number of halogens is 2. The van der Waals surface area contributed by atoms with Gasteiger partial charge in [0.05, 0.1) is 30.5 Å². The van der Waals surface area contributed by atoms with E-state index in [-0.39, 0.29) is 55.5 Å². The molecule has 1 fully saturated rings. The fourth-order valence-corrected chi connectivity index (χ4v) is 4.69. The van der Waals surface area contributed by atoms with Crippen LogP contribution in [0, 0.1) is 11.6 Å². The third kappa shape index (κ3) is 5.94. The van der Waals surface area contributed by atoms with Crippen LogP contribution in [0.4, 0.5) is 13.6 Å². The fraction of sp³-hybridized carbons (Fsp3) is 0.321. The van der Waals surface area contributed by atoms with Crippen LogP contribution in [0.3, 0.4) is 0 Å². The zero-order valence-corrected chi connectivity index (χ0v) is 21.9. The predicted octanol–water partition coefficient (Wildman–Crippen LogP) is 3.23. The van der Waals surface area contributed by atoms with E-state index in [0.29, 0.717) is 11.8 Å². The Balaban J connectivity index is 1.36. The Kier molecular flexibility index (Phi) is 8.06. The number of amides is 1. The van der Waals surface area contributed by atoms with Crippen LogP contribution in [0.25, 0.3) is 0 Å². The average Bonchev–Trinajstić information content (AvgIpc) is 3.33. The summed E-state index contributed by atoms with van der Waals surface area (Å²) in [6.45, 7) is 1.24. The van der Waals surface area contributed by atoms with Crippen molar-refractivity contribution in [2.24, 2.45) is 0 Å². The normalized spacial score (nSPS) is 17.5. The van der Waals surface area contributed by atoms with Gasteiger partial charge in [0.1, 0.15) is 18.2 Å². The summed E-state index contributed by atoms with van der Waals surface area (Å²) in [7, 11) is 0. The minimum absolute atomic E-state index is 0.0937. The molecule has 0 saturated carbocycles. The van der Waals surface area contributed by atoms with Crippen LogP contribution in [0.15, 0.2) is 53.6 Å². The lowest BCUT2D eigenvalue weighted by atomic mass is 10.0. The standard InChI is InChI=1S/C28H25F2N3O8/c1-16-13-38-23-12-32-11-20(22(34)8-6-17-5-7-18(29)10-21(17)30)25(35)26(24(32)27(36)33(16)23)40-15-41-28(37)39-14-19-4-2-3-9-31-19/h2-5,7,9-11,16,23H,6,8,12-15H2,1H3/t16-,23+/m0/s1. The molecule has 2 aliphatic rings. The molecular weight excluding hydrogens is 544 g/mol. The molecule has 11 nitrogen and oxygen atoms in total. The zero-order valence-electron chi connectivity index (χ0n) is 21.9. The first-order chi connectivity index (χ1) is 19.7. The summed E-state index contributed by atoms with van der Waals surface area (Å²) in [5.41, 5.74) is -0.755. The molecule has 1 amide bonds. The first-order valence-corrected chi connectivity index (χ1v) is 12.7. The van der Waals surface area contributed by atoms with Crippen LogP contribution in [0.2, 0.25) is 0 Å². The highest BCUT2D eigenvalue weighted by Gasteiger charge is 2.43. The predicted molar refractivity (Wildman–Crippen MR) is 136 cm³/mol. The van der Waals surface area contributed by atoms with E-state index in [2.05, 4.69) is 4.98 Å². The Bertz CT molecular complexity index is 1550. The van der Waals surface area contributed by atoms with E-state index in [4.69, 9.17) is 18.9 Å². The lowest BCUT2D eigenvalue weighted by molar-refractivity contribution is -0.00415. The Hall–Kier alpha value is -4.65. The van der Waals surface area contributed by atoms with E-state index in [1.165, 1.54) is 27.9 Å². The number of carbonyl (C=O) groups excluding carboxylic acids is 3. The van der Waals surface area contributed by atoms with Crippen molar-refractivity contribution < 1.29 is 42.1 Å². The van der Waals surface area contributed by atoms with Crippen molar-refractivity contribution >= 4 is 17.8 Å². The number of ketones is 1. The molecule has 2 aliphatic heterocycles. The molecule has 5 rings (SSSR count). The Labute approximate surface area is 232 Å². The molecule has 0 radical (unpaired) electrons. The largest absolute Gasteiger partial charge is 0.511 e. The molecule has 13 heteroatoms. The lowest BCUT2D eigenvalue weighted by Crippen LogP contribution is -2.49. The summed E-state index contributed by atoms with van der Waals surface area (Å²) in [6.07, 6.45) is 0.688. The number of Topliss-reactive ketones (excluding diaryl/α,β-unsaturated/α-hetero) is 1. The second-order valence-electron chi connectivity index (χ2n) is 9.48. The van der Waals surface area contributed by atoms with E-state index in [0.717, 1.165) is 6.07 Å². The number of benzene rings is 1. The first kappa shape index (κ1) is 27.9. The molecule has 2 aromatic heterocycles. The number of aryl methyl sites for hydroxylation is 1. The van der Waals surface area contributed by atoms with Gasteiger partial charge < -0.3 is 28.4 Å². The fourth-order valence-electron chi connectivity index (χ4n) is 4.69. The van der Waals surface area contributed by atoms with Crippen LogP contribution >= 0.6 is 0 Å². The van der Waals surface area contributed by atoms with Crippen LogP contribution in [-0.4, -0.2) is 58.0 Å². The summed E-state index contributed by atoms with van der Waals surface area (Å²) in [6, 6.07) is 7.80. The number of aromatic nitrogens is 2. The van der Waals surface area contributed by atoms with Crippen molar-refractivity contribution in [2.45, 2.75) is 45.2 Å². The molecule has 3 aromatic rings. The summed E-state index contributed by atoms with van der Waals surface area (Å²) in [5, 5.41) is 0. The quantitative estimate of drug-likeness (QED) is 0.217. The average molecular weight is 570 g/mol. The number of ether oxygens (including phenoxy) is 4. The minimum atomic E-state index is -1.11. The van der Waals surface area contributed by atoms with Gasteiger partial charge in [-0.1, -0.05) is 12.1 Å². The van der Waals surface area contributed by atoms with Gasteiger partial charge in [0.25, 0.3) is 5.91 Å². The number of nitrogens with zero attached hydrogens (tertiary/aromatic N) is 3. The highest BCUT2D eigenvalue weighted by Crippen LogP contribution is 2.30. The summed E-state index contributed by atoms with van der Waals surface area (Å²) in [5.74, 6) is -3.25. The van der Waals surface area contributed by atoms with Crippen molar-refractivity contribution in [3.05, 3.63) is 93.2 Å². The maximum atomic E-state index is 14.1. The summed E-state index contributed by atoms with van der Waals surface area (Å²) >= 11 is 0.